The van der Waals surface area contributed by atoms with Gasteiger partial charge in [0.1, 0.15) is 0 Å². The molecule has 2 aliphatic heterocycles. The van der Waals surface area contributed by atoms with Crippen molar-refractivity contribution in [3.63, 3.8) is 0 Å². The molecule has 2 atom stereocenters. The van der Waals surface area contributed by atoms with Gasteiger partial charge in [0.2, 0.25) is 0 Å². The number of hydrogen-bond acceptors (Lipinski definition) is 4. The highest BCUT2D eigenvalue weighted by molar-refractivity contribution is 5.94. The number of amides is 1. The van der Waals surface area contributed by atoms with E-state index < -0.39 is 0 Å². The topological polar surface area (TPSA) is 70.2 Å². The van der Waals surface area contributed by atoms with Gasteiger partial charge in [0, 0.05) is 30.8 Å². The van der Waals surface area contributed by atoms with Crippen LogP contribution in [0.3, 0.4) is 0 Å². The van der Waals surface area contributed by atoms with Crippen LogP contribution in [0.5, 0.6) is 0 Å². The zero-order valence-corrected chi connectivity index (χ0v) is 11.4. The van der Waals surface area contributed by atoms with Crippen LogP contribution >= 0.6 is 0 Å². The van der Waals surface area contributed by atoms with Crippen LogP contribution in [0.1, 0.15) is 35.6 Å². The molecule has 2 aliphatic rings. The summed E-state index contributed by atoms with van der Waals surface area (Å²) in [5.74, 6) is 0.0181. The number of rotatable bonds is 1. The molecule has 2 N–H and O–H groups in total. The Balaban J connectivity index is 1.89. The molecule has 0 aromatic carbocycles. The molecule has 19 heavy (non-hydrogen) atoms. The second kappa shape index (κ2) is 4.94. The molecule has 0 aliphatic carbocycles. The fourth-order valence-corrected chi connectivity index (χ4v) is 2.93. The van der Waals surface area contributed by atoms with Crippen molar-refractivity contribution >= 4 is 5.91 Å². The van der Waals surface area contributed by atoms with Crippen LogP contribution in [0.2, 0.25) is 0 Å². The van der Waals surface area contributed by atoms with Gasteiger partial charge in [-0.05, 0) is 13.8 Å². The number of ether oxygens (including phenoxy) is 1. The number of nitrogens with one attached hydrogen (secondary N) is 2. The van der Waals surface area contributed by atoms with E-state index in [1.807, 2.05) is 18.7 Å². The summed E-state index contributed by atoms with van der Waals surface area (Å²) in [7, 11) is 0. The Morgan fingerprint density at radius 2 is 2.11 bits per heavy atom. The number of hydrogen-bond donors (Lipinski definition) is 2. The minimum absolute atomic E-state index is 0.0181. The summed E-state index contributed by atoms with van der Waals surface area (Å²) < 4.78 is 5.47. The number of carbonyl (C=O) groups excluding carboxylic acids is 1. The maximum Gasteiger partial charge on any atom is 0.275 e. The van der Waals surface area contributed by atoms with Crippen molar-refractivity contribution in [2.45, 2.75) is 38.9 Å². The molecule has 1 aromatic rings. The summed E-state index contributed by atoms with van der Waals surface area (Å²) in [6.45, 7) is 6.89. The van der Waals surface area contributed by atoms with Crippen LogP contribution in [0.25, 0.3) is 0 Å². The van der Waals surface area contributed by atoms with Crippen molar-refractivity contribution in [2.24, 2.45) is 0 Å². The molecule has 6 nitrogen and oxygen atoms in total. The molecular formula is C13H20N4O2. The molecule has 3 heterocycles. The van der Waals surface area contributed by atoms with Gasteiger partial charge in [0.15, 0.2) is 5.69 Å². The predicted octanol–water partition coefficient (Wildman–Crippen LogP) is 0.305. The average Bonchev–Trinajstić information content (AvgIpc) is 2.82. The van der Waals surface area contributed by atoms with Crippen LogP contribution in [0, 0.1) is 0 Å². The average molecular weight is 264 g/mol. The maximum absolute atomic E-state index is 12.7. The Morgan fingerprint density at radius 3 is 2.84 bits per heavy atom. The lowest BCUT2D eigenvalue weighted by Gasteiger charge is -2.38. The van der Waals surface area contributed by atoms with Crippen molar-refractivity contribution < 1.29 is 9.53 Å². The minimum atomic E-state index is 0.0181. The number of H-pyrrole nitrogens is 1. The smallest absolute Gasteiger partial charge is 0.275 e. The largest absolute Gasteiger partial charge is 0.377 e. The lowest BCUT2D eigenvalue weighted by Crippen LogP contribution is -2.52. The molecular weight excluding hydrogens is 244 g/mol. The Morgan fingerprint density at radius 1 is 1.37 bits per heavy atom. The highest BCUT2D eigenvalue weighted by atomic mass is 16.5. The van der Waals surface area contributed by atoms with Gasteiger partial charge >= 0.3 is 0 Å². The summed E-state index contributed by atoms with van der Waals surface area (Å²) >= 11 is 0. The fourth-order valence-electron chi connectivity index (χ4n) is 2.93. The summed E-state index contributed by atoms with van der Waals surface area (Å²) in [5.41, 5.74) is 2.70. The molecule has 0 saturated carbocycles. The van der Waals surface area contributed by atoms with E-state index in [0.29, 0.717) is 18.9 Å². The molecule has 104 valence electrons. The number of morpholine rings is 1. The van der Waals surface area contributed by atoms with Gasteiger partial charge in [-0.25, -0.2) is 0 Å². The van der Waals surface area contributed by atoms with Crippen LogP contribution in [0.15, 0.2) is 0 Å². The SMILES string of the molecule is CC1COCC(C)N1C(=O)c1n[nH]c2c1CNCC2. The monoisotopic (exact) mass is 264 g/mol. The maximum atomic E-state index is 12.7. The van der Waals surface area contributed by atoms with Crippen molar-refractivity contribution in [3.8, 4) is 0 Å². The van der Waals surface area contributed by atoms with Crippen molar-refractivity contribution in [1.82, 2.24) is 20.4 Å². The standard InChI is InChI=1S/C13H20N4O2/c1-8-6-19-7-9(2)17(8)13(18)12-10-5-14-4-3-11(10)15-16-12/h8-9,14H,3-7H2,1-2H3,(H,15,16). The van der Waals surface area contributed by atoms with Crippen LogP contribution in [0.4, 0.5) is 0 Å². The number of fused-ring (bicyclic) bond motifs is 1. The van der Waals surface area contributed by atoms with Crippen molar-refractivity contribution in [1.29, 1.82) is 0 Å². The van der Waals surface area contributed by atoms with E-state index in [1.54, 1.807) is 0 Å². The molecule has 1 amide bonds. The lowest BCUT2D eigenvalue weighted by atomic mass is 10.0. The number of aromatic amines is 1. The second-order valence-corrected chi connectivity index (χ2v) is 5.40. The first-order valence-corrected chi connectivity index (χ1v) is 6.85. The van der Waals surface area contributed by atoms with Gasteiger partial charge in [-0.2, -0.15) is 5.10 Å². The molecule has 1 saturated heterocycles. The highest BCUT2D eigenvalue weighted by Crippen LogP contribution is 2.21. The molecule has 2 unspecified atom stereocenters. The Bertz CT molecular complexity index is 475. The molecule has 6 heteroatoms. The van der Waals surface area contributed by atoms with E-state index >= 15 is 0 Å². The molecule has 0 spiro atoms. The van der Waals surface area contributed by atoms with E-state index in [4.69, 9.17) is 4.74 Å². The zero-order chi connectivity index (χ0) is 13.4. The van der Waals surface area contributed by atoms with Gasteiger partial charge < -0.3 is 15.0 Å². The molecule has 0 bridgehead atoms. The second-order valence-electron chi connectivity index (χ2n) is 5.40. The first-order chi connectivity index (χ1) is 9.18. The molecule has 1 fully saturated rings. The van der Waals surface area contributed by atoms with Crippen molar-refractivity contribution in [2.75, 3.05) is 19.8 Å². The summed E-state index contributed by atoms with van der Waals surface area (Å²) in [4.78, 5) is 14.6. The van der Waals surface area contributed by atoms with Crippen LogP contribution in [-0.4, -0.2) is 52.8 Å². The van der Waals surface area contributed by atoms with Crippen molar-refractivity contribution in [3.05, 3.63) is 17.0 Å². The van der Waals surface area contributed by atoms with E-state index in [9.17, 15) is 4.79 Å². The fraction of sp³-hybridized carbons (Fsp3) is 0.692. The molecule has 1 aromatic heterocycles. The highest BCUT2D eigenvalue weighted by Gasteiger charge is 2.33. The number of carbonyl (C=O) groups is 1. The summed E-state index contributed by atoms with van der Waals surface area (Å²) in [6, 6.07) is 0.195. The van der Waals surface area contributed by atoms with E-state index in [2.05, 4.69) is 15.5 Å². The Hall–Kier alpha value is -1.40. The first-order valence-electron chi connectivity index (χ1n) is 6.85. The Labute approximate surface area is 112 Å². The normalized spacial score (nSPS) is 27.2. The quantitative estimate of drug-likeness (QED) is 0.765. The van der Waals surface area contributed by atoms with Gasteiger partial charge in [-0.1, -0.05) is 0 Å². The molecule has 0 radical (unpaired) electrons. The van der Waals surface area contributed by atoms with Gasteiger partial charge in [0.25, 0.3) is 5.91 Å². The van der Waals surface area contributed by atoms with E-state index in [0.717, 1.165) is 30.8 Å². The summed E-state index contributed by atoms with van der Waals surface area (Å²) in [6.07, 6.45) is 0.907. The third kappa shape index (κ3) is 2.15. The third-order valence-electron chi connectivity index (χ3n) is 3.91. The predicted molar refractivity (Wildman–Crippen MR) is 69.9 cm³/mol. The van der Waals surface area contributed by atoms with Crippen LogP contribution < -0.4 is 5.32 Å². The molecule has 3 rings (SSSR count). The van der Waals surface area contributed by atoms with E-state index in [-0.39, 0.29) is 18.0 Å². The van der Waals surface area contributed by atoms with Gasteiger partial charge in [-0.15, -0.1) is 0 Å². The van der Waals surface area contributed by atoms with E-state index in [1.165, 1.54) is 0 Å². The summed E-state index contributed by atoms with van der Waals surface area (Å²) in [5, 5.41) is 10.5. The van der Waals surface area contributed by atoms with Gasteiger partial charge in [0.05, 0.1) is 25.3 Å². The zero-order valence-electron chi connectivity index (χ0n) is 11.4. The third-order valence-corrected chi connectivity index (χ3v) is 3.91. The first kappa shape index (κ1) is 12.6. The number of aromatic nitrogens is 2. The lowest BCUT2D eigenvalue weighted by molar-refractivity contribution is -0.0252. The van der Waals surface area contributed by atoms with Gasteiger partial charge in [-0.3, -0.25) is 9.89 Å². The van der Waals surface area contributed by atoms with Crippen LogP contribution in [-0.2, 0) is 17.7 Å². The Kier molecular flexibility index (Phi) is 3.28. The minimum Gasteiger partial charge on any atom is -0.377 e. The number of nitrogens with zero attached hydrogens (tertiary/aromatic N) is 2.